The minimum atomic E-state index is -5.87. The average Bonchev–Trinajstić information content (AvgIpc) is 2.43. The number of hydrogen-bond donors (Lipinski definition) is 5. The van der Waals surface area contributed by atoms with Gasteiger partial charge in [0.15, 0.2) is 0 Å². The summed E-state index contributed by atoms with van der Waals surface area (Å²) in [5.41, 5.74) is -11.3. The number of rotatable bonds is 4. The predicted molar refractivity (Wildman–Crippen MR) is 80.8 cm³/mol. The molecule has 2 aromatic carbocycles. The third-order valence-electron chi connectivity index (χ3n) is 3.28. The fraction of sp³-hybridized carbons (Fsp3) is 0.167. The van der Waals surface area contributed by atoms with Crippen LogP contribution >= 0.6 is 15.2 Å². The molecule has 140 valence electrons. The van der Waals surface area contributed by atoms with E-state index in [0.717, 1.165) is 18.2 Å². The second-order valence-corrected chi connectivity index (χ2v) is 8.21. The predicted octanol–water partition coefficient (Wildman–Crippen LogP) is 3.46. The molecule has 0 aromatic heterocycles. The van der Waals surface area contributed by atoms with Crippen molar-refractivity contribution in [1.82, 2.24) is 6.15 Å². The highest BCUT2D eigenvalue weighted by molar-refractivity contribution is 7.53. The van der Waals surface area contributed by atoms with Crippen LogP contribution in [0.2, 0.25) is 0 Å². The standard InChI is InChI=1S/C12H10F4O6P2.H3N/c13-11(14,23(17,18)19)8-4-5-9-7(6-8)2-1-3-10(9)12(15,16)24(20,21)22;/h1-6H,(H2,17,18,19)(H2,20,21,22);1H3. The van der Waals surface area contributed by atoms with Gasteiger partial charge in [-0.05, 0) is 16.8 Å². The Labute approximate surface area is 138 Å². The van der Waals surface area contributed by atoms with E-state index < -0.39 is 43.0 Å². The first-order valence-corrected chi connectivity index (χ1v) is 9.33. The SMILES string of the molecule is N.O=P(O)(O)C(F)(F)c1ccc2c(C(F)(F)P(=O)(O)O)cccc2c1. The molecule has 13 heteroatoms. The van der Waals surface area contributed by atoms with E-state index in [1.54, 1.807) is 0 Å². The van der Waals surface area contributed by atoms with Gasteiger partial charge in [-0.1, -0.05) is 30.3 Å². The maximum Gasteiger partial charge on any atom is 0.399 e. The molecule has 25 heavy (non-hydrogen) atoms. The lowest BCUT2D eigenvalue weighted by molar-refractivity contribution is 0.0563. The normalized spacial score (nSPS) is 13.6. The van der Waals surface area contributed by atoms with E-state index >= 15 is 0 Å². The zero-order valence-electron chi connectivity index (χ0n) is 12.2. The lowest BCUT2D eigenvalue weighted by Crippen LogP contribution is -2.15. The van der Waals surface area contributed by atoms with Gasteiger partial charge in [0, 0.05) is 11.1 Å². The summed E-state index contributed by atoms with van der Waals surface area (Å²) >= 11 is 0. The van der Waals surface area contributed by atoms with Crippen molar-refractivity contribution in [3.63, 3.8) is 0 Å². The summed E-state index contributed by atoms with van der Waals surface area (Å²) in [4.78, 5) is 35.0. The number of halogens is 4. The fourth-order valence-electron chi connectivity index (χ4n) is 2.06. The van der Waals surface area contributed by atoms with Crippen LogP contribution in [0.3, 0.4) is 0 Å². The molecule has 7 N–H and O–H groups in total. The van der Waals surface area contributed by atoms with Crippen LogP contribution in [-0.2, 0) is 20.5 Å². The molecule has 7 nitrogen and oxygen atoms in total. The van der Waals surface area contributed by atoms with Crippen LogP contribution in [0.5, 0.6) is 0 Å². The molecule has 0 aliphatic carbocycles. The largest absolute Gasteiger partial charge is 0.399 e. The third-order valence-corrected chi connectivity index (χ3v) is 5.25. The molecule has 0 radical (unpaired) electrons. The van der Waals surface area contributed by atoms with Crippen LogP contribution in [0.25, 0.3) is 10.8 Å². The Bertz CT molecular complexity index is 894. The molecule has 0 unspecified atom stereocenters. The Kier molecular flexibility index (Phi) is 5.60. The van der Waals surface area contributed by atoms with E-state index in [1.165, 1.54) is 0 Å². The Morgan fingerprint density at radius 2 is 1.32 bits per heavy atom. The highest BCUT2D eigenvalue weighted by Gasteiger charge is 2.52. The number of benzene rings is 2. The van der Waals surface area contributed by atoms with Gasteiger partial charge < -0.3 is 25.7 Å². The Morgan fingerprint density at radius 3 is 1.80 bits per heavy atom. The van der Waals surface area contributed by atoms with Crippen molar-refractivity contribution in [2.45, 2.75) is 11.3 Å². The molecule has 0 aliphatic rings. The summed E-state index contributed by atoms with van der Waals surface area (Å²) in [5, 5.41) is -0.720. The van der Waals surface area contributed by atoms with Gasteiger partial charge in [-0.3, -0.25) is 9.13 Å². The molecular weight excluding hydrogens is 392 g/mol. The highest BCUT2D eigenvalue weighted by atomic mass is 31.2. The molecule has 2 rings (SSSR count). The summed E-state index contributed by atoms with van der Waals surface area (Å²) in [6, 6.07) is 4.57. The van der Waals surface area contributed by atoms with E-state index in [0.29, 0.717) is 18.2 Å². The number of alkyl halides is 4. The van der Waals surface area contributed by atoms with E-state index in [-0.39, 0.29) is 11.5 Å². The van der Waals surface area contributed by atoms with Gasteiger partial charge >= 0.3 is 26.5 Å². The van der Waals surface area contributed by atoms with Crippen molar-refractivity contribution in [3.05, 3.63) is 47.5 Å². The molecule has 0 amide bonds. The second-order valence-electron chi connectivity index (χ2n) is 4.91. The monoisotopic (exact) mass is 405 g/mol. The van der Waals surface area contributed by atoms with E-state index in [4.69, 9.17) is 19.6 Å². The van der Waals surface area contributed by atoms with E-state index in [1.807, 2.05) is 0 Å². The van der Waals surface area contributed by atoms with Crippen molar-refractivity contribution in [2.24, 2.45) is 0 Å². The van der Waals surface area contributed by atoms with E-state index in [2.05, 4.69) is 0 Å². The van der Waals surface area contributed by atoms with Crippen LogP contribution in [0.15, 0.2) is 36.4 Å². The molecule has 0 saturated heterocycles. The zero-order valence-corrected chi connectivity index (χ0v) is 14.0. The molecule has 0 atom stereocenters. The molecule has 2 aromatic rings. The van der Waals surface area contributed by atoms with Gasteiger partial charge in [0.25, 0.3) is 0 Å². The second kappa shape index (κ2) is 6.44. The van der Waals surface area contributed by atoms with Crippen molar-refractivity contribution in [1.29, 1.82) is 0 Å². The smallest absolute Gasteiger partial charge is 0.344 e. The molecular formula is C12H13F4NO6P2. The van der Waals surface area contributed by atoms with Gasteiger partial charge in [0.2, 0.25) is 0 Å². The van der Waals surface area contributed by atoms with Crippen LogP contribution in [0.1, 0.15) is 11.1 Å². The lowest BCUT2D eigenvalue weighted by atomic mass is 10.0. The molecule has 0 fully saturated rings. The first-order chi connectivity index (χ1) is 10.7. The first kappa shape index (κ1) is 21.7. The van der Waals surface area contributed by atoms with Crippen molar-refractivity contribution in [2.75, 3.05) is 0 Å². The summed E-state index contributed by atoms with van der Waals surface area (Å²) < 4.78 is 77.0. The minimum absolute atomic E-state index is 0. The van der Waals surface area contributed by atoms with Crippen LogP contribution in [-0.4, -0.2) is 19.6 Å². The maximum absolute atomic E-state index is 13.9. The summed E-state index contributed by atoms with van der Waals surface area (Å²) in [6.07, 6.45) is 0. The fourth-order valence-corrected chi connectivity index (χ4v) is 3.04. The van der Waals surface area contributed by atoms with Crippen molar-refractivity contribution >= 4 is 26.0 Å². The van der Waals surface area contributed by atoms with E-state index in [9.17, 15) is 26.7 Å². The van der Waals surface area contributed by atoms with Gasteiger partial charge in [0.1, 0.15) is 0 Å². The topological polar surface area (TPSA) is 150 Å². The maximum atomic E-state index is 13.9. The first-order valence-electron chi connectivity index (χ1n) is 6.10. The van der Waals surface area contributed by atoms with Crippen molar-refractivity contribution in [3.8, 4) is 0 Å². The molecule has 0 spiro atoms. The van der Waals surface area contributed by atoms with Crippen LogP contribution in [0.4, 0.5) is 17.6 Å². The lowest BCUT2D eigenvalue weighted by Gasteiger charge is -2.21. The third kappa shape index (κ3) is 3.63. The average molecular weight is 405 g/mol. The molecule has 0 heterocycles. The van der Waals surface area contributed by atoms with Gasteiger partial charge in [0.05, 0.1) is 0 Å². The van der Waals surface area contributed by atoms with Gasteiger partial charge in [-0.2, -0.15) is 17.6 Å². The summed E-state index contributed by atoms with van der Waals surface area (Å²) in [5.74, 6) is 0. The Hall–Kier alpha value is -1.32. The molecule has 0 saturated carbocycles. The molecule has 0 aliphatic heterocycles. The number of hydrogen-bond acceptors (Lipinski definition) is 3. The Morgan fingerprint density at radius 1 is 0.800 bits per heavy atom. The van der Waals surface area contributed by atoms with Crippen molar-refractivity contribution < 1.29 is 46.3 Å². The quantitative estimate of drug-likeness (QED) is 0.386. The molecule has 0 bridgehead atoms. The minimum Gasteiger partial charge on any atom is -0.344 e. The highest BCUT2D eigenvalue weighted by Crippen LogP contribution is 2.61. The van der Waals surface area contributed by atoms with Gasteiger partial charge in [-0.25, -0.2) is 0 Å². The van der Waals surface area contributed by atoms with Crippen LogP contribution < -0.4 is 6.15 Å². The summed E-state index contributed by atoms with van der Waals surface area (Å²) in [7, 11) is -11.7. The summed E-state index contributed by atoms with van der Waals surface area (Å²) in [6.45, 7) is 0. The number of fused-ring (bicyclic) bond motifs is 1. The van der Waals surface area contributed by atoms with Crippen LogP contribution in [0, 0.1) is 0 Å². The van der Waals surface area contributed by atoms with Gasteiger partial charge in [-0.15, -0.1) is 0 Å². The zero-order chi connectivity index (χ0) is 18.6. The Balaban J connectivity index is 0.00000312.